The molecule has 0 N–H and O–H groups in total. The van der Waals surface area contributed by atoms with Crippen molar-refractivity contribution in [2.75, 3.05) is 11.4 Å². The molecule has 0 radical (unpaired) electrons. The van der Waals surface area contributed by atoms with Crippen molar-refractivity contribution in [2.24, 2.45) is 0 Å². The molecule has 0 saturated carbocycles. The highest BCUT2D eigenvalue weighted by Crippen LogP contribution is 2.29. The van der Waals surface area contributed by atoms with Gasteiger partial charge in [0.1, 0.15) is 5.82 Å². The van der Waals surface area contributed by atoms with Gasteiger partial charge >= 0.3 is 0 Å². The van der Waals surface area contributed by atoms with Crippen molar-refractivity contribution in [1.82, 2.24) is 15.2 Å². The normalized spacial score (nSPS) is 10.2. The van der Waals surface area contributed by atoms with Crippen molar-refractivity contribution >= 4 is 34.8 Å². The maximum atomic E-state index is 13.4. The number of benzene rings is 1. The summed E-state index contributed by atoms with van der Waals surface area (Å²) in [5.41, 5.74) is 1.14. The highest BCUT2D eigenvalue weighted by molar-refractivity contribution is 7.18. The van der Waals surface area contributed by atoms with E-state index in [1.54, 1.807) is 18.5 Å². The van der Waals surface area contributed by atoms with Gasteiger partial charge < -0.3 is 0 Å². The van der Waals surface area contributed by atoms with Crippen molar-refractivity contribution in [3.05, 3.63) is 60.2 Å². The molecule has 0 fully saturated rings. The van der Waals surface area contributed by atoms with E-state index in [1.165, 1.54) is 34.4 Å². The minimum Gasteiger partial charge on any atom is -0.283 e. The van der Waals surface area contributed by atoms with Crippen LogP contribution < -0.4 is 4.90 Å². The third kappa shape index (κ3) is 4.37. The number of aromatic nitrogens is 3. The fourth-order valence-electron chi connectivity index (χ4n) is 2.22. The summed E-state index contributed by atoms with van der Waals surface area (Å²) in [5.74, 6) is -0.726. The topological polar surface area (TPSA) is 59.0 Å². The molecular weight excluding hydrogens is 363 g/mol. The molecule has 0 unspecified atom stereocenters. The lowest BCUT2D eigenvalue weighted by atomic mass is 10.2. The molecule has 2 aromatic heterocycles. The van der Waals surface area contributed by atoms with Gasteiger partial charge in [0, 0.05) is 30.1 Å². The van der Waals surface area contributed by atoms with Gasteiger partial charge in [-0.15, -0.1) is 22.6 Å². The molecule has 0 aliphatic rings. The molecule has 0 atom stereocenters. The van der Waals surface area contributed by atoms with Crippen LogP contribution in [0.1, 0.15) is 23.7 Å². The summed E-state index contributed by atoms with van der Waals surface area (Å²) in [7, 11) is 0. The predicted molar refractivity (Wildman–Crippen MR) is 98.8 cm³/mol. The average molecular weight is 379 g/mol. The van der Waals surface area contributed by atoms with E-state index in [2.05, 4.69) is 15.2 Å². The number of halogens is 2. The molecule has 0 aliphatic heterocycles. The lowest BCUT2D eigenvalue weighted by Crippen LogP contribution is -2.31. The summed E-state index contributed by atoms with van der Waals surface area (Å²) in [6.07, 6.45) is 4.13. The Labute approximate surface area is 155 Å². The van der Waals surface area contributed by atoms with Gasteiger partial charge in [0.25, 0.3) is 5.91 Å². The van der Waals surface area contributed by atoms with Crippen LogP contribution in [0.5, 0.6) is 0 Å². The molecular formula is C17H16ClFN4OS. The summed E-state index contributed by atoms with van der Waals surface area (Å²) < 4.78 is 13.4. The van der Waals surface area contributed by atoms with Gasteiger partial charge in [0.15, 0.2) is 5.01 Å². The van der Waals surface area contributed by atoms with Gasteiger partial charge in [-0.3, -0.25) is 14.7 Å². The predicted octanol–water partition coefficient (Wildman–Crippen LogP) is 4.22. The highest BCUT2D eigenvalue weighted by atomic mass is 35.5. The number of hydrogen-bond donors (Lipinski definition) is 0. The molecule has 3 aromatic rings. The third-order valence-electron chi connectivity index (χ3n) is 3.32. The smallest absolute Gasteiger partial charge is 0.260 e. The molecule has 25 heavy (non-hydrogen) atoms. The van der Waals surface area contributed by atoms with E-state index in [0.717, 1.165) is 12.0 Å². The summed E-state index contributed by atoms with van der Waals surface area (Å²) in [5, 5.41) is 9.45. The van der Waals surface area contributed by atoms with E-state index in [4.69, 9.17) is 0 Å². The molecule has 5 nitrogen and oxygen atoms in total. The molecule has 1 aromatic carbocycles. The summed E-state index contributed by atoms with van der Waals surface area (Å²) in [6.45, 7) is 2.45. The second-order valence-corrected chi connectivity index (χ2v) is 6.05. The van der Waals surface area contributed by atoms with Crippen molar-refractivity contribution < 1.29 is 9.18 Å². The Morgan fingerprint density at radius 3 is 2.76 bits per heavy atom. The summed E-state index contributed by atoms with van der Waals surface area (Å²) in [6, 6.07) is 9.36. The second kappa shape index (κ2) is 8.64. The fourth-order valence-corrected chi connectivity index (χ4v) is 3.07. The number of hydrogen-bond acceptors (Lipinski definition) is 5. The van der Waals surface area contributed by atoms with Crippen LogP contribution in [0.2, 0.25) is 0 Å². The van der Waals surface area contributed by atoms with E-state index >= 15 is 0 Å². The van der Waals surface area contributed by atoms with Crippen molar-refractivity contribution in [2.45, 2.75) is 13.3 Å². The largest absolute Gasteiger partial charge is 0.283 e. The van der Waals surface area contributed by atoms with Gasteiger partial charge in [0.2, 0.25) is 5.13 Å². The zero-order valence-electron chi connectivity index (χ0n) is 13.4. The number of amides is 1. The number of nitrogens with zero attached hydrogens (tertiary/aromatic N) is 4. The monoisotopic (exact) mass is 378 g/mol. The first kappa shape index (κ1) is 19.0. The Morgan fingerprint density at radius 1 is 1.24 bits per heavy atom. The van der Waals surface area contributed by atoms with Crippen LogP contribution in [0, 0.1) is 5.82 Å². The van der Waals surface area contributed by atoms with Crippen molar-refractivity contribution in [3.63, 3.8) is 0 Å². The first-order valence-corrected chi connectivity index (χ1v) is 8.32. The van der Waals surface area contributed by atoms with E-state index in [9.17, 15) is 9.18 Å². The maximum Gasteiger partial charge on any atom is 0.260 e. The van der Waals surface area contributed by atoms with Gasteiger partial charge in [-0.1, -0.05) is 24.3 Å². The van der Waals surface area contributed by atoms with Crippen LogP contribution in [0.4, 0.5) is 9.52 Å². The van der Waals surface area contributed by atoms with Crippen LogP contribution in [0.15, 0.2) is 48.8 Å². The Kier molecular flexibility index (Phi) is 6.55. The number of rotatable bonds is 5. The van der Waals surface area contributed by atoms with Gasteiger partial charge in [0.05, 0.1) is 0 Å². The Hall–Kier alpha value is -2.38. The first-order chi connectivity index (χ1) is 11.7. The van der Waals surface area contributed by atoms with E-state index in [-0.39, 0.29) is 18.3 Å². The van der Waals surface area contributed by atoms with Crippen LogP contribution >= 0.6 is 23.7 Å². The van der Waals surface area contributed by atoms with Crippen LogP contribution in [0.3, 0.4) is 0 Å². The van der Waals surface area contributed by atoms with Crippen molar-refractivity contribution in [1.29, 1.82) is 0 Å². The fraction of sp³-hybridized carbons (Fsp3) is 0.176. The molecule has 0 aliphatic carbocycles. The Bertz CT molecular complexity index is 843. The summed E-state index contributed by atoms with van der Waals surface area (Å²) in [4.78, 5) is 18.3. The highest BCUT2D eigenvalue weighted by Gasteiger charge is 2.21. The number of carbonyl (C=O) groups excluding carboxylic acids is 1. The lowest BCUT2D eigenvalue weighted by Gasteiger charge is -2.18. The quantitative estimate of drug-likeness (QED) is 0.667. The van der Waals surface area contributed by atoms with Gasteiger partial charge in [-0.25, -0.2) is 4.39 Å². The molecule has 0 bridgehead atoms. The summed E-state index contributed by atoms with van der Waals surface area (Å²) >= 11 is 1.31. The Morgan fingerprint density at radius 2 is 2.08 bits per heavy atom. The van der Waals surface area contributed by atoms with Gasteiger partial charge in [-0.2, -0.15) is 0 Å². The zero-order chi connectivity index (χ0) is 16.9. The maximum absolute atomic E-state index is 13.4. The SMILES string of the molecule is CCCN(C(=O)c1cccc(F)c1)c1nnc(-c2cccnc2)s1.Cl. The van der Waals surface area contributed by atoms with E-state index < -0.39 is 5.82 Å². The zero-order valence-corrected chi connectivity index (χ0v) is 15.1. The van der Waals surface area contributed by atoms with Crippen molar-refractivity contribution in [3.8, 4) is 10.6 Å². The molecule has 0 spiro atoms. The molecule has 130 valence electrons. The standard InChI is InChI=1S/C17H15FN4OS.ClH/c1-2-9-22(16(23)12-5-3-7-14(18)10-12)17-21-20-15(24-17)13-6-4-8-19-11-13;/h3-8,10-11H,2,9H2,1H3;1H. The minimum atomic E-state index is -0.439. The van der Waals surface area contributed by atoms with E-state index in [1.807, 2.05) is 19.1 Å². The van der Waals surface area contributed by atoms with Crippen LogP contribution in [0.25, 0.3) is 10.6 Å². The van der Waals surface area contributed by atoms with Crippen LogP contribution in [-0.4, -0.2) is 27.6 Å². The van der Waals surface area contributed by atoms with Crippen LogP contribution in [-0.2, 0) is 0 Å². The third-order valence-corrected chi connectivity index (χ3v) is 4.31. The van der Waals surface area contributed by atoms with Gasteiger partial charge in [-0.05, 0) is 36.8 Å². The molecule has 3 rings (SSSR count). The average Bonchev–Trinajstić information content (AvgIpc) is 3.09. The molecule has 0 saturated heterocycles. The first-order valence-electron chi connectivity index (χ1n) is 7.50. The molecule has 1 amide bonds. The molecule has 8 heteroatoms. The number of pyridine rings is 1. The number of carbonyl (C=O) groups is 1. The lowest BCUT2D eigenvalue weighted by molar-refractivity contribution is 0.0986. The Balaban J connectivity index is 0.00000225. The second-order valence-electron chi connectivity index (χ2n) is 5.10. The van der Waals surface area contributed by atoms with E-state index in [0.29, 0.717) is 22.2 Å². The number of anilines is 1. The molecule has 2 heterocycles. The minimum absolute atomic E-state index is 0.